The van der Waals surface area contributed by atoms with Crippen LogP contribution in [0.25, 0.3) is 0 Å². The Morgan fingerprint density at radius 3 is 3.08 bits per heavy atom. The molecule has 0 aromatic rings. The zero-order valence-electron chi connectivity index (χ0n) is 8.37. The number of hydrogen-bond donors (Lipinski definition) is 0. The smallest absolute Gasteiger partial charge is 0.0478 e. The molecule has 0 amide bonds. The molecule has 2 aliphatic rings. The van der Waals surface area contributed by atoms with Crippen LogP contribution < -0.4 is 0 Å². The van der Waals surface area contributed by atoms with E-state index in [4.69, 9.17) is 0 Å². The standard InChI is InChI=1S/C11H18N2/c1-13-9-5-3-7-11(13)10-6-2-4-8-12-10/h4,8,11H,2-3,5-7,9H2,1H3. The molecule has 0 saturated carbocycles. The molecule has 0 aliphatic carbocycles. The molecule has 1 fully saturated rings. The van der Waals surface area contributed by atoms with Gasteiger partial charge in [-0.15, -0.1) is 0 Å². The Bertz CT molecular complexity index is 230. The molecule has 2 rings (SSSR count). The van der Waals surface area contributed by atoms with E-state index in [1.165, 1.54) is 44.4 Å². The average Bonchev–Trinajstić information content (AvgIpc) is 2.20. The topological polar surface area (TPSA) is 15.6 Å². The van der Waals surface area contributed by atoms with E-state index in [9.17, 15) is 0 Å². The van der Waals surface area contributed by atoms with E-state index in [1.807, 2.05) is 6.20 Å². The fraction of sp³-hybridized carbons (Fsp3) is 0.727. The molecule has 13 heavy (non-hydrogen) atoms. The summed E-state index contributed by atoms with van der Waals surface area (Å²) in [6.07, 6.45) is 10.5. The van der Waals surface area contributed by atoms with Gasteiger partial charge in [0.2, 0.25) is 0 Å². The summed E-state index contributed by atoms with van der Waals surface area (Å²) in [5, 5.41) is 0. The zero-order chi connectivity index (χ0) is 9.10. The zero-order valence-corrected chi connectivity index (χ0v) is 8.37. The van der Waals surface area contributed by atoms with Crippen LogP contribution in [0.15, 0.2) is 17.3 Å². The third kappa shape index (κ3) is 1.99. The van der Waals surface area contributed by atoms with Crippen molar-refractivity contribution in [1.82, 2.24) is 4.90 Å². The maximum Gasteiger partial charge on any atom is 0.0478 e. The van der Waals surface area contributed by atoms with Crippen molar-refractivity contribution in [2.75, 3.05) is 13.6 Å². The predicted octanol–water partition coefficient (Wildman–Crippen LogP) is 2.22. The quantitative estimate of drug-likeness (QED) is 0.601. The number of aliphatic imine (C=N–C) groups is 1. The van der Waals surface area contributed by atoms with Crippen LogP contribution in [0.2, 0.25) is 0 Å². The maximum atomic E-state index is 4.50. The average molecular weight is 178 g/mol. The highest BCUT2D eigenvalue weighted by molar-refractivity contribution is 5.90. The molecule has 72 valence electrons. The van der Waals surface area contributed by atoms with Crippen LogP contribution in [-0.4, -0.2) is 30.2 Å². The lowest BCUT2D eigenvalue weighted by molar-refractivity contribution is 0.233. The van der Waals surface area contributed by atoms with E-state index in [0.717, 1.165) is 0 Å². The first-order valence-corrected chi connectivity index (χ1v) is 5.30. The third-order valence-electron chi connectivity index (χ3n) is 3.07. The van der Waals surface area contributed by atoms with E-state index in [2.05, 4.69) is 23.0 Å². The van der Waals surface area contributed by atoms with Crippen LogP contribution in [-0.2, 0) is 0 Å². The number of allylic oxidation sites excluding steroid dienone is 1. The van der Waals surface area contributed by atoms with Gasteiger partial charge in [-0.1, -0.05) is 12.5 Å². The lowest BCUT2D eigenvalue weighted by Gasteiger charge is -2.33. The maximum absolute atomic E-state index is 4.50. The van der Waals surface area contributed by atoms with Crippen molar-refractivity contribution in [3.63, 3.8) is 0 Å². The molecule has 0 aromatic carbocycles. The highest BCUT2D eigenvalue weighted by Gasteiger charge is 2.23. The Hall–Kier alpha value is -0.630. The van der Waals surface area contributed by atoms with E-state index < -0.39 is 0 Å². The van der Waals surface area contributed by atoms with Gasteiger partial charge in [0.25, 0.3) is 0 Å². The number of nitrogens with zero attached hydrogens (tertiary/aromatic N) is 2. The summed E-state index contributed by atoms with van der Waals surface area (Å²) in [5.74, 6) is 0. The second-order valence-electron chi connectivity index (χ2n) is 4.04. The summed E-state index contributed by atoms with van der Waals surface area (Å²) in [5.41, 5.74) is 1.41. The largest absolute Gasteiger partial charge is 0.298 e. The van der Waals surface area contributed by atoms with Crippen LogP contribution in [0.3, 0.4) is 0 Å². The Balaban J connectivity index is 2.05. The molecule has 2 nitrogen and oxygen atoms in total. The lowest BCUT2D eigenvalue weighted by atomic mass is 9.95. The van der Waals surface area contributed by atoms with Gasteiger partial charge in [0.1, 0.15) is 0 Å². The molecule has 0 aromatic heterocycles. The van der Waals surface area contributed by atoms with Crippen molar-refractivity contribution >= 4 is 5.71 Å². The van der Waals surface area contributed by atoms with Gasteiger partial charge in [0.05, 0.1) is 0 Å². The first kappa shape index (κ1) is 8.95. The molecular weight excluding hydrogens is 160 g/mol. The van der Waals surface area contributed by atoms with Gasteiger partial charge in [0.15, 0.2) is 0 Å². The highest BCUT2D eigenvalue weighted by Crippen LogP contribution is 2.20. The van der Waals surface area contributed by atoms with Crippen molar-refractivity contribution < 1.29 is 0 Å². The highest BCUT2D eigenvalue weighted by atomic mass is 15.1. The fourth-order valence-corrected chi connectivity index (χ4v) is 2.27. The summed E-state index contributed by atoms with van der Waals surface area (Å²) < 4.78 is 0. The van der Waals surface area contributed by atoms with E-state index in [0.29, 0.717) is 6.04 Å². The molecule has 1 saturated heterocycles. The van der Waals surface area contributed by atoms with Gasteiger partial charge in [-0.05, 0) is 39.3 Å². The van der Waals surface area contributed by atoms with Crippen molar-refractivity contribution in [3.05, 3.63) is 12.3 Å². The molecule has 2 aliphatic heterocycles. The van der Waals surface area contributed by atoms with E-state index in [-0.39, 0.29) is 0 Å². The number of piperidine rings is 1. The van der Waals surface area contributed by atoms with Gasteiger partial charge < -0.3 is 0 Å². The van der Waals surface area contributed by atoms with Gasteiger partial charge in [0, 0.05) is 18.0 Å². The normalized spacial score (nSPS) is 30.2. The van der Waals surface area contributed by atoms with Crippen LogP contribution >= 0.6 is 0 Å². The van der Waals surface area contributed by atoms with Crippen molar-refractivity contribution in [1.29, 1.82) is 0 Å². The lowest BCUT2D eigenvalue weighted by Crippen LogP contribution is -2.42. The second kappa shape index (κ2) is 4.05. The molecule has 0 N–H and O–H groups in total. The molecular formula is C11H18N2. The van der Waals surface area contributed by atoms with Crippen molar-refractivity contribution in [2.45, 2.75) is 38.1 Å². The second-order valence-corrected chi connectivity index (χ2v) is 4.04. The molecule has 0 radical (unpaired) electrons. The molecule has 2 heteroatoms. The van der Waals surface area contributed by atoms with Crippen LogP contribution in [0, 0.1) is 0 Å². The molecule has 1 unspecified atom stereocenters. The fourth-order valence-electron chi connectivity index (χ4n) is 2.27. The summed E-state index contributed by atoms with van der Waals surface area (Å²) in [4.78, 5) is 6.96. The summed E-state index contributed by atoms with van der Waals surface area (Å²) in [6, 6.07) is 0.638. The molecule has 2 heterocycles. The minimum absolute atomic E-state index is 0.638. The van der Waals surface area contributed by atoms with E-state index in [1.54, 1.807) is 0 Å². The Morgan fingerprint density at radius 2 is 2.38 bits per heavy atom. The van der Waals surface area contributed by atoms with Gasteiger partial charge in [-0.2, -0.15) is 0 Å². The predicted molar refractivity (Wildman–Crippen MR) is 56.1 cm³/mol. The monoisotopic (exact) mass is 178 g/mol. The third-order valence-corrected chi connectivity index (χ3v) is 3.07. The number of hydrogen-bond acceptors (Lipinski definition) is 2. The van der Waals surface area contributed by atoms with Crippen molar-refractivity contribution in [3.8, 4) is 0 Å². The Morgan fingerprint density at radius 1 is 1.46 bits per heavy atom. The summed E-state index contributed by atoms with van der Waals surface area (Å²) >= 11 is 0. The number of likely N-dealkylation sites (tertiary alicyclic amines) is 1. The molecule has 0 bridgehead atoms. The Labute approximate surface area is 80.3 Å². The van der Waals surface area contributed by atoms with Crippen LogP contribution in [0.5, 0.6) is 0 Å². The van der Waals surface area contributed by atoms with Gasteiger partial charge in [-0.25, -0.2) is 0 Å². The van der Waals surface area contributed by atoms with E-state index >= 15 is 0 Å². The SMILES string of the molecule is CN1CCCCC1C1=NC=CCC1. The van der Waals surface area contributed by atoms with Crippen LogP contribution in [0.4, 0.5) is 0 Å². The first-order chi connectivity index (χ1) is 6.38. The molecule has 0 spiro atoms. The van der Waals surface area contributed by atoms with Gasteiger partial charge >= 0.3 is 0 Å². The first-order valence-electron chi connectivity index (χ1n) is 5.30. The number of rotatable bonds is 1. The summed E-state index contributed by atoms with van der Waals surface area (Å²) in [6.45, 7) is 1.24. The minimum atomic E-state index is 0.638. The van der Waals surface area contributed by atoms with Gasteiger partial charge in [-0.3, -0.25) is 9.89 Å². The minimum Gasteiger partial charge on any atom is -0.298 e. The Kier molecular flexibility index (Phi) is 2.79. The summed E-state index contributed by atoms with van der Waals surface area (Å²) in [7, 11) is 2.23. The van der Waals surface area contributed by atoms with Crippen LogP contribution in [0.1, 0.15) is 32.1 Å². The van der Waals surface area contributed by atoms with Crippen molar-refractivity contribution in [2.24, 2.45) is 4.99 Å². The molecule has 1 atom stereocenters.